The molecule has 0 aliphatic rings. The maximum atomic E-state index is 11.0. The average molecular weight is 370 g/mol. The summed E-state index contributed by atoms with van der Waals surface area (Å²) in [6.45, 7) is 3.72. The van der Waals surface area contributed by atoms with E-state index in [1.54, 1.807) is 12.1 Å². The zero-order chi connectivity index (χ0) is 19.4. The Morgan fingerprint density at radius 1 is 1.07 bits per heavy atom. The lowest BCUT2D eigenvalue weighted by Crippen LogP contribution is -2.12. The second-order valence-electron chi connectivity index (χ2n) is 5.89. The number of benzene rings is 2. The van der Waals surface area contributed by atoms with E-state index < -0.39 is 5.97 Å². The van der Waals surface area contributed by atoms with E-state index in [9.17, 15) is 9.59 Å². The van der Waals surface area contributed by atoms with E-state index in [4.69, 9.17) is 13.8 Å². The van der Waals surface area contributed by atoms with Gasteiger partial charge < -0.3 is 18.5 Å². The van der Waals surface area contributed by atoms with Crippen LogP contribution in [0.2, 0.25) is 0 Å². The molecule has 4 rings (SSSR count). The van der Waals surface area contributed by atoms with Crippen LogP contribution in [0.3, 0.4) is 0 Å². The van der Waals surface area contributed by atoms with Crippen molar-refractivity contribution in [3.63, 3.8) is 0 Å². The van der Waals surface area contributed by atoms with Crippen molar-refractivity contribution in [1.29, 1.82) is 0 Å². The maximum absolute atomic E-state index is 11.0. The Bertz CT molecular complexity index is 1140. The van der Waals surface area contributed by atoms with Crippen LogP contribution in [0.15, 0.2) is 50.2 Å². The lowest BCUT2D eigenvalue weighted by atomic mass is 10.2. The molecule has 4 aromatic rings. The van der Waals surface area contributed by atoms with E-state index in [1.165, 1.54) is 7.11 Å². The summed E-state index contributed by atoms with van der Waals surface area (Å²) in [6, 6.07) is 11.1. The minimum Gasteiger partial charge on any atom is -0.466 e. The zero-order valence-electron chi connectivity index (χ0n) is 15.1. The van der Waals surface area contributed by atoms with Crippen LogP contribution in [-0.4, -0.2) is 30.0 Å². The predicted octanol–water partition coefficient (Wildman–Crippen LogP) is 3.12. The number of aromatic nitrogens is 2. The molecule has 27 heavy (non-hydrogen) atoms. The van der Waals surface area contributed by atoms with Gasteiger partial charge in [-0.2, -0.15) is 5.16 Å². The molecule has 8 nitrogen and oxygen atoms in total. The molecule has 2 aromatic carbocycles. The number of rotatable bonds is 3. The van der Waals surface area contributed by atoms with Gasteiger partial charge in [0.25, 0.3) is 11.4 Å². The molecule has 0 aliphatic carbocycles. The SMILES string of the molecule is COC(=O)COc1noc2ccc(C)cc12.Cc1ccc2o[nH]c(=O)c2c1. The number of fused-ring (bicyclic) bond motifs is 2. The number of methoxy groups -OCH3 is 1. The second-order valence-corrected chi connectivity index (χ2v) is 5.89. The van der Waals surface area contributed by atoms with E-state index in [2.05, 4.69) is 15.1 Å². The van der Waals surface area contributed by atoms with Crippen LogP contribution in [0, 0.1) is 13.8 Å². The largest absolute Gasteiger partial charge is 0.466 e. The van der Waals surface area contributed by atoms with Crippen molar-refractivity contribution in [2.24, 2.45) is 0 Å². The van der Waals surface area contributed by atoms with Crippen LogP contribution in [0.5, 0.6) is 5.88 Å². The molecule has 0 bridgehead atoms. The van der Waals surface area contributed by atoms with Crippen molar-refractivity contribution in [2.75, 3.05) is 13.7 Å². The number of esters is 1. The summed E-state index contributed by atoms with van der Waals surface area (Å²) < 4.78 is 19.6. The van der Waals surface area contributed by atoms with Gasteiger partial charge in [0.1, 0.15) is 0 Å². The number of aryl methyl sites for hydroxylation is 2. The molecule has 8 heteroatoms. The summed E-state index contributed by atoms with van der Waals surface area (Å²) in [5, 5.41) is 7.38. The quantitative estimate of drug-likeness (QED) is 0.552. The number of carbonyl (C=O) groups excluding carboxylic acids is 1. The first-order valence-corrected chi connectivity index (χ1v) is 8.11. The van der Waals surface area contributed by atoms with E-state index >= 15 is 0 Å². The summed E-state index contributed by atoms with van der Waals surface area (Å²) in [6.07, 6.45) is 0. The second kappa shape index (κ2) is 7.77. The molecule has 2 heterocycles. The molecular weight excluding hydrogens is 352 g/mol. The highest BCUT2D eigenvalue weighted by Gasteiger charge is 2.11. The monoisotopic (exact) mass is 370 g/mol. The molecule has 0 atom stereocenters. The smallest absolute Gasteiger partial charge is 0.343 e. The Labute approximate surface area is 153 Å². The van der Waals surface area contributed by atoms with Crippen LogP contribution in [0.1, 0.15) is 11.1 Å². The molecule has 0 aliphatic heterocycles. The Balaban J connectivity index is 0.000000166. The highest BCUT2D eigenvalue weighted by atomic mass is 16.6. The third-order valence-electron chi connectivity index (χ3n) is 3.78. The summed E-state index contributed by atoms with van der Waals surface area (Å²) in [4.78, 5) is 21.9. The fraction of sp³-hybridized carbons (Fsp3) is 0.211. The molecule has 0 amide bonds. The standard InChI is InChI=1S/C11H11NO4.C8H7NO2/c1-7-3-4-9-8(5-7)11(12-16-9)15-6-10(13)14-2;1-5-2-3-7-6(4-5)8(10)9-11-7/h3-5H,6H2,1-2H3;2-4H,1H3,(H,9,10). The van der Waals surface area contributed by atoms with Gasteiger partial charge in [-0.3, -0.25) is 4.79 Å². The number of nitrogens with zero attached hydrogens (tertiary/aromatic N) is 1. The number of aromatic amines is 1. The summed E-state index contributed by atoms with van der Waals surface area (Å²) >= 11 is 0. The summed E-state index contributed by atoms with van der Waals surface area (Å²) in [5.41, 5.74) is 3.21. The highest BCUT2D eigenvalue weighted by molar-refractivity contribution is 5.83. The third-order valence-corrected chi connectivity index (χ3v) is 3.78. The van der Waals surface area contributed by atoms with E-state index in [1.807, 2.05) is 38.1 Å². The Morgan fingerprint density at radius 2 is 1.74 bits per heavy atom. The molecule has 0 radical (unpaired) electrons. The Kier molecular flexibility index (Phi) is 5.25. The lowest BCUT2D eigenvalue weighted by Gasteiger charge is -2.00. The van der Waals surface area contributed by atoms with Gasteiger partial charge in [0.05, 0.1) is 17.9 Å². The molecule has 140 valence electrons. The maximum Gasteiger partial charge on any atom is 0.343 e. The van der Waals surface area contributed by atoms with Crippen molar-refractivity contribution in [1.82, 2.24) is 10.3 Å². The number of hydrogen-bond acceptors (Lipinski definition) is 7. The van der Waals surface area contributed by atoms with Crippen LogP contribution in [0.25, 0.3) is 21.9 Å². The van der Waals surface area contributed by atoms with Crippen LogP contribution < -0.4 is 10.3 Å². The highest BCUT2D eigenvalue weighted by Crippen LogP contribution is 2.25. The van der Waals surface area contributed by atoms with E-state index in [0.717, 1.165) is 16.5 Å². The first-order chi connectivity index (χ1) is 13.0. The molecule has 2 aromatic heterocycles. The van der Waals surface area contributed by atoms with Gasteiger partial charge in [-0.15, -0.1) is 0 Å². The van der Waals surface area contributed by atoms with Crippen molar-refractivity contribution >= 4 is 27.9 Å². The van der Waals surface area contributed by atoms with E-state index in [0.29, 0.717) is 22.4 Å². The average Bonchev–Trinajstić information content (AvgIpc) is 3.23. The van der Waals surface area contributed by atoms with Crippen LogP contribution in [-0.2, 0) is 9.53 Å². The van der Waals surface area contributed by atoms with E-state index in [-0.39, 0.29) is 12.2 Å². The molecular formula is C19H18N2O6. The first-order valence-electron chi connectivity index (χ1n) is 8.11. The number of nitrogens with one attached hydrogen (secondary N) is 1. The van der Waals surface area contributed by atoms with Crippen molar-refractivity contribution in [2.45, 2.75) is 13.8 Å². The van der Waals surface area contributed by atoms with Gasteiger partial charge in [0.15, 0.2) is 17.8 Å². The van der Waals surface area contributed by atoms with Crippen molar-refractivity contribution < 1.29 is 23.3 Å². The minimum absolute atomic E-state index is 0.163. The molecule has 0 saturated carbocycles. The molecule has 0 saturated heterocycles. The normalized spacial score (nSPS) is 10.5. The number of carbonyl (C=O) groups is 1. The predicted molar refractivity (Wildman–Crippen MR) is 97.8 cm³/mol. The van der Waals surface area contributed by atoms with Crippen LogP contribution in [0.4, 0.5) is 0 Å². The molecule has 0 unspecified atom stereocenters. The topological polar surface area (TPSA) is 108 Å². The van der Waals surface area contributed by atoms with Gasteiger partial charge in [-0.05, 0) is 43.3 Å². The Hall–Kier alpha value is -3.55. The summed E-state index contributed by atoms with van der Waals surface area (Å²) in [7, 11) is 1.30. The van der Waals surface area contributed by atoms with Gasteiger partial charge in [0.2, 0.25) is 0 Å². The minimum atomic E-state index is -0.455. The fourth-order valence-corrected chi connectivity index (χ4v) is 2.39. The molecule has 1 N–H and O–H groups in total. The number of ether oxygens (including phenoxy) is 2. The fourth-order valence-electron chi connectivity index (χ4n) is 2.39. The van der Waals surface area contributed by atoms with Gasteiger partial charge in [0, 0.05) is 0 Å². The van der Waals surface area contributed by atoms with Gasteiger partial charge in [-0.1, -0.05) is 23.3 Å². The number of hydrogen-bond donors (Lipinski definition) is 1. The third kappa shape index (κ3) is 4.17. The zero-order valence-corrected chi connectivity index (χ0v) is 15.1. The lowest BCUT2D eigenvalue weighted by molar-refractivity contribution is -0.143. The first kappa shape index (κ1) is 18.2. The Morgan fingerprint density at radius 3 is 2.44 bits per heavy atom. The van der Waals surface area contributed by atoms with Crippen molar-refractivity contribution in [3.8, 4) is 5.88 Å². The van der Waals surface area contributed by atoms with Crippen molar-refractivity contribution in [3.05, 3.63) is 57.9 Å². The van der Waals surface area contributed by atoms with Gasteiger partial charge >= 0.3 is 5.97 Å². The molecule has 0 spiro atoms. The summed E-state index contributed by atoms with van der Waals surface area (Å²) in [5.74, 6) is -0.145. The number of H-pyrrole nitrogens is 1. The van der Waals surface area contributed by atoms with Gasteiger partial charge in [-0.25, -0.2) is 4.79 Å². The molecule has 0 fully saturated rings. The van der Waals surface area contributed by atoms with Crippen LogP contribution >= 0.6 is 0 Å².